The Bertz CT molecular complexity index is 207. The fraction of sp³-hybridized carbons (Fsp3) is 1.00. The van der Waals surface area contributed by atoms with E-state index in [-0.39, 0.29) is 0 Å². The summed E-state index contributed by atoms with van der Waals surface area (Å²) in [5, 5.41) is 17.1. The van der Waals surface area contributed by atoms with Gasteiger partial charge in [0.05, 0.1) is 18.8 Å². The molecule has 4 N–H and O–H groups in total. The van der Waals surface area contributed by atoms with Crippen LogP contribution in [0.4, 0.5) is 0 Å². The SMILES string of the molecule is CC(CO)(CO)NS(=O)(=O)O. The molecule has 68 valence electrons. The van der Waals surface area contributed by atoms with Crippen molar-refractivity contribution >= 4 is 10.3 Å². The van der Waals surface area contributed by atoms with Gasteiger partial charge in [-0.15, -0.1) is 0 Å². The van der Waals surface area contributed by atoms with E-state index in [0.29, 0.717) is 0 Å². The van der Waals surface area contributed by atoms with Crippen LogP contribution < -0.4 is 4.72 Å². The van der Waals surface area contributed by atoms with E-state index in [1.165, 1.54) is 6.92 Å². The second-order valence-electron chi connectivity index (χ2n) is 2.45. The minimum absolute atomic E-state index is 0.594. The lowest BCUT2D eigenvalue weighted by Crippen LogP contribution is -2.51. The lowest BCUT2D eigenvalue weighted by atomic mass is 10.1. The first kappa shape index (κ1) is 10.8. The zero-order valence-electron chi connectivity index (χ0n) is 5.98. The van der Waals surface area contributed by atoms with Crippen molar-refractivity contribution in [3.63, 3.8) is 0 Å². The first-order valence-electron chi connectivity index (χ1n) is 2.81. The molecule has 0 heterocycles. The summed E-state index contributed by atoms with van der Waals surface area (Å²) >= 11 is 0. The molecule has 0 saturated carbocycles. The lowest BCUT2D eigenvalue weighted by Gasteiger charge is -2.23. The number of hydrogen-bond donors (Lipinski definition) is 4. The number of nitrogens with one attached hydrogen (secondary N) is 1. The van der Waals surface area contributed by atoms with E-state index < -0.39 is 29.1 Å². The average Bonchev–Trinajstić information content (AvgIpc) is 1.84. The van der Waals surface area contributed by atoms with Crippen LogP contribution in [0.2, 0.25) is 0 Å². The summed E-state index contributed by atoms with van der Waals surface area (Å²) in [6, 6.07) is 0. The van der Waals surface area contributed by atoms with Crippen LogP contribution >= 0.6 is 0 Å². The van der Waals surface area contributed by atoms with E-state index in [1.807, 2.05) is 0 Å². The molecule has 0 spiro atoms. The highest BCUT2D eigenvalue weighted by molar-refractivity contribution is 7.83. The molecule has 0 aliphatic heterocycles. The molecule has 0 fully saturated rings. The summed E-state index contributed by atoms with van der Waals surface area (Å²) in [5.74, 6) is 0. The number of aliphatic hydroxyl groups excluding tert-OH is 2. The van der Waals surface area contributed by atoms with Crippen molar-refractivity contribution in [2.24, 2.45) is 0 Å². The van der Waals surface area contributed by atoms with Crippen molar-refractivity contribution in [3.8, 4) is 0 Å². The Labute approximate surface area is 64.7 Å². The summed E-state index contributed by atoms with van der Waals surface area (Å²) in [6.07, 6.45) is 0. The molecule has 6 nitrogen and oxygen atoms in total. The highest BCUT2D eigenvalue weighted by Gasteiger charge is 2.26. The minimum Gasteiger partial charge on any atom is -0.394 e. The minimum atomic E-state index is -4.38. The summed E-state index contributed by atoms with van der Waals surface area (Å²) in [7, 11) is -4.38. The smallest absolute Gasteiger partial charge is 0.334 e. The molecule has 0 amide bonds. The van der Waals surface area contributed by atoms with Crippen LogP contribution in [0.1, 0.15) is 6.92 Å². The molecule has 0 aromatic carbocycles. The van der Waals surface area contributed by atoms with Gasteiger partial charge in [0, 0.05) is 0 Å². The van der Waals surface area contributed by atoms with Gasteiger partial charge < -0.3 is 10.2 Å². The Morgan fingerprint density at radius 2 is 1.73 bits per heavy atom. The van der Waals surface area contributed by atoms with Gasteiger partial charge in [-0.25, -0.2) is 0 Å². The Hall–Kier alpha value is -0.210. The predicted molar refractivity (Wildman–Crippen MR) is 37.3 cm³/mol. The third-order valence-electron chi connectivity index (χ3n) is 1.07. The fourth-order valence-corrected chi connectivity index (χ4v) is 1.18. The van der Waals surface area contributed by atoms with Gasteiger partial charge in [-0.1, -0.05) is 0 Å². The summed E-state index contributed by atoms with van der Waals surface area (Å²) in [5.41, 5.74) is -1.41. The quantitative estimate of drug-likeness (QED) is 0.383. The van der Waals surface area contributed by atoms with Crippen molar-refractivity contribution in [3.05, 3.63) is 0 Å². The molecule has 0 bridgehead atoms. The molecule has 0 aromatic heterocycles. The first-order chi connectivity index (χ1) is 4.83. The van der Waals surface area contributed by atoms with Gasteiger partial charge in [0.1, 0.15) is 0 Å². The van der Waals surface area contributed by atoms with E-state index >= 15 is 0 Å². The highest BCUT2D eigenvalue weighted by Crippen LogP contribution is 2.01. The summed E-state index contributed by atoms with van der Waals surface area (Å²) in [6.45, 7) is 0.0628. The molecule has 0 atom stereocenters. The van der Waals surface area contributed by atoms with Crippen LogP contribution in [0.25, 0.3) is 0 Å². The van der Waals surface area contributed by atoms with Gasteiger partial charge in [-0.3, -0.25) is 4.55 Å². The van der Waals surface area contributed by atoms with Gasteiger partial charge in [-0.2, -0.15) is 13.1 Å². The van der Waals surface area contributed by atoms with E-state index in [4.69, 9.17) is 14.8 Å². The maximum atomic E-state index is 10.2. The second kappa shape index (κ2) is 3.46. The Morgan fingerprint density at radius 3 is 1.82 bits per heavy atom. The van der Waals surface area contributed by atoms with Crippen molar-refractivity contribution in [1.82, 2.24) is 4.72 Å². The first-order valence-corrected chi connectivity index (χ1v) is 4.25. The number of aliphatic hydroxyl groups is 2. The van der Waals surface area contributed by atoms with E-state index in [1.54, 1.807) is 4.72 Å². The van der Waals surface area contributed by atoms with E-state index in [9.17, 15) is 8.42 Å². The maximum Gasteiger partial charge on any atom is 0.334 e. The van der Waals surface area contributed by atoms with Crippen molar-refractivity contribution < 1.29 is 23.2 Å². The van der Waals surface area contributed by atoms with Crippen LogP contribution in [0.3, 0.4) is 0 Å². The van der Waals surface area contributed by atoms with E-state index in [2.05, 4.69) is 0 Å². The second-order valence-corrected chi connectivity index (χ2v) is 3.61. The van der Waals surface area contributed by atoms with Gasteiger partial charge >= 0.3 is 10.3 Å². The highest BCUT2D eigenvalue weighted by atomic mass is 32.2. The van der Waals surface area contributed by atoms with Crippen LogP contribution in [-0.4, -0.2) is 41.9 Å². The molecule has 0 saturated heterocycles. The molecule has 0 aliphatic carbocycles. The molecule has 11 heavy (non-hydrogen) atoms. The third kappa shape index (κ3) is 4.27. The van der Waals surface area contributed by atoms with Crippen LogP contribution in [0.5, 0.6) is 0 Å². The van der Waals surface area contributed by atoms with E-state index in [0.717, 1.165) is 0 Å². The predicted octanol–water partition coefficient (Wildman–Crippen LogP) is -1.88. The molecule has 0 aliphatic rings. The molecule has 0 aromatic rings. The maximum absolute atomic E-state index is 10.2. The molecular weight excluding hydrogens is 174 g/mol. The molecule has 0 rings (SSSR count). The zero-order chi connectivity index (χ0) is 9.12. The molecule has 0 radical (unpaired) electrons. The van der Waals surface area contributed by atoms with Crippen LogP contribution in [0.15, 0.2) is 0 Å². The Morgan fingerprint density at radius 1 is 1.36 bits per heavy atom. The molecular formula is C4H11NO5S. The molecule has 7 heteroatoms. The van der Waals surface area contributed by atoms with Crippen molar-refractivity contribution in [2.45, 2.75) is 12.5 Å². The monoisotopic (exact) mass is 185 g/mol. The Kier molecular flexibility index (Phi) is 3.39. The molecule has 0 unspecified atom stereocenters. The Balaban J connectivity index is 4.32. The third-order valence-corrected chi connectivity index (χ3v) is 1.82. The van der Waals surface area contributed by atoms with Gasteiger partial charge in [0.15, 0.2) is 0 Å². The number of hydrogen-bond acceptors (Lipinski definition) is 4. The standard InChI is InChI=1S/C4H11NO5S/c1-4(2-6,3-7)5-11(8,9)10/h5-7H,2-3H2,1H3,(H,8,9,10). The van der Waals surface area contributed by atoms with Gasteiger partial charge in [0.2, 0.25) is 0 Å². The normalized spacial score (nSPS) is 13.5. The lowest BCUT2D eigenvalue weighted by molar-refractivity contribution is 0.119. The van der Waals surface area contributed by atoms with Gasteiger partial charge in [-0.05, 0) is 6.92 Å². The van der Waals surface area contributed by atoms with Crippen LogP contribution in [-0.2, 0) is 10.3 Å². The summed E-state index contributed by atoms with van der Waals surface area (Å²) < 4.78 is 30.3. The topological polar surface area (TPSA) is 107 Å². The summed E-state index contributed by atoms with van der Waals surface area (Å²) in [4.78, 5) is 0. The number of rotatable bonds is 4. The largest absolute Gasteiger partial charge is 0.394 e. The van der Waals surface area contributed by atoms with Crippen molar-refractivity contribution in [2.75, 3.05) is 13.2 Å². The van der Waals surface area contributed by atoms with Gasteiger partial charge in [0.25, 0.3) is 0 Å². The fourth-order valence-electron chi connectivity index (χ4n) is 0.426. The average molecular weight is 185 g/mol. The van der Waals surface area contributed by atoms with Crippen LogP contribution in [0, 0.1) is 0 Å². The zero-order valence-corrected chi connectivity index (χ0v) is 6.80. The van der Waals surface area contributed by atoms with Crippen molar-refractivity contribution in [1.29, 1.82) is 0 Å².